The van der Waals surface area contributed by atoms with Crippen LogP contribution in [0.5, 0.6) is 0 Å². The van der Waals surface area contributed by atoms with Gasteiger partial charge < -0.3 is 5.73 Å². The van der Waals surface area contributed by atoms with E-state index in [0.717, 1.165) is 11.8 Å². The van der Waals surface area contributed by atoms with Gasteiger partial charge in [0.1, 0.15) is 0 Å². The molecule has 0 aromatic carbocycles. The topological polar surface area (TPSA) is 26.0 Å². The first-order chi connectivity index (χ1) is 4.26. The second-order valence-electron chi connectivity index (χ2n) is 3.73. The second kappa shape index (κ2) is 1.51. The number of hydrogen-bond acceptors (Lipinski definition) is 1. The third-order valence-corrected chi connectivity index (χ3v) is 3.03. The van der Waals surface area contributed by atoms with Gasteiger partial charge in [-0.3, -0.25) is 0 Å². The SMILES string of the molecule is CCC1(N)CC1C1CC1. The summed E-state index contributed by atoms with van der Waals surface area (Å²) in [7, 11) is 0. The van der Waals surface area contributed by atoms with E-state index in [1.54, 1.807) is 0 Å². The van der Waals surface area contributed by atoms with E-state index in [-0.39, 0.29) is 0 Å². The maximum absolute atomic E-state index is 6.03. The Morgan fingerprint density at radius 2 is 2.22 bits per heavy atom. The number of rotatable bonds is 2. The number of hydrogen-bond donors (Lipinski definition) is 1. The van der Waals surface area contributed by atoms with Crippen LogP contribution in [0, 0.1) is 11.8 Å². The van der Waals surface area contributed by atoms with Crippen LogP contribution in [-0.2, 0) is 0 Å². The summed E-state index contributed by atoms with van der Waals surface area (Å²) in [6, 6.07) is 0. The van der Waals surface area contributed by atoms with Crippen LogP contribution in [0.15, 0.2) is 0 Å². The molecule has 0 spiro atoms. The van der Waals surface area contributed by atoms with Gasteiger partial charge in [0.25, 0.3) is 0 Å². The molecule has 1 heteroatoms. The van der Waals surface area contributed by atoms with Crippen molar-refractivity contribution in [3.05, 3.63) is 0 Å². The lowest BCUT2D eigenvalue weighted by atomic mass is 10.1. The summed E-state index contributed by atoms with van der Waals surface area (Å²) in [5, 5.41) is 0. The van der Waals surface area contributed by atoms with E-state index in [1.807, 2.05) is 0 Å². The maximum Gasteiger partial charge on any atom is 0.0187 e. The highest BCUT2D eigenvalue weighted by molar-refractivity contribution is 5.12. The minimum atomic E-state index is 0.293. The first kappa shape index (κ1) is 5.72. The summed E-state index contributed by atoms with van der Waals surface area (Å²) < 4.78 is 0. The second-order valence-corrected chi connectivity index (χ2v) is 3.73. The molecule has 0 radical (unpaired) electrons. The molecule has 9 heavy (non-hydrogen) atoms. The Morgan fingerprint density at radius 3 is 2.56 bits per heavy atom. The molecule has 52 valence electrons. The van der Waals surface area contributed by atoms with E-state index in [1.165, 1.54) is 25.7 Å². The van der Waals surface area contributed by atoms with E-state index < -0.39 is 0 Å². The molecular formula is C8H15N. The highest BCUT2D eigenvalue weighted by atomic mass is 14.9. The third kappa shape index (κ3) is 0.787. The average Bonchev–Trinajstić information content (AvgIpc) is 2.60. The minimum absolute atomic E-state index is 0.293. The molecule has 2 aliphatic carbocycles. The summed E-state index contributed by atoms with van der Waals surface area (Å²) in [6.45, 7) is 2.21. The molecule has 0 aromatic heterocycles. The molecule has 2 saturated carbocycles. The van der Waals surface area contributed by atoms with Gasteiger partial charge in [0.05, 0.1) is 0 Å². The van der Waals surface area contributed by atoms with E-state index in [4.69, 9.17) is 5.73 Å². The summed E-state index contributed by atoms with van der Waals surface area (Å²) in [6.07, 6.45) is 5.43. The molecule has 0 bridgehead atoms. The quantitative estimate of drug-likeness (QED) is 0.595. The van der Waals surface area contributed by atoms with Crippen molar-refractivity contribution >= 4 is 0 Å². The average molecular weight is 125 g/mol. The van der Waals surface area contributed by atoms with Crippen LogP contribution in [0.3, 0.4) is 0 Å². The van der Waals surface area contributed by atoms with Crippen molar-refractivity contribution in [2.75, 3.05) is 0 Å². The number of nitrogens with two attached hydrogens (primary N) is 1. The monoisotopic (exact) mass is 125 g/mol. The van der Waals surface area contributed by atoms with Gasteiger partial charge in [0.15, 0.2) is 0 Å². The lowest BCUT2D eigenvalue weighted by molar-refractivity contribution is 0.537. The minimum Gasteiger partial charge on any atom is -0.325 e. The Kier molecular flexibility index (Phi) is 0.963. The largest absolute Gasteiger partial charge is 0.325 e. The van der Waals surface area contributed by atoms with Gasteiger partial charge in [0, 0.05) is 5.54 Å². The molecule has 2 atom stereocenters. The molecule has 2 N–H and O–H groups in total. The summed E-state index contributed by atoms with van der Waals surface area (Å²) >= 11 is 0. The molecule has 2 rings (SSSR count). The van der Waals surface area contributed by atoms with Crippen LogP contribution >= 0.6 is 0 Å². The first-order valence-electron chi connectivity index (χ1n) is 4.05. The van der Waals surface area contributed by atoms with Crippen molar-refractivity contribution in [1.82, 2.24) is 0 Å². The fourth-order valence-corrected chi connectivity index (χ4v) is 1.89. The maximum atomic E-state index is 6.03. The molecular weight excluding hydrogens is 110 g/mol. The zero-order valence-corrected chi connectivity index (χ0v) is 6.06. The molecule has 0 aliphatic heterocycles. The van der Waals surface area contributed by atoms with Gasteiger partial charge >= 0.3 is 0 Å². The van der Waals surface area contributed by atoms with Crippen molar-refractivity contribution in [2.45, 2.75) is 38.1 Å². The predicted octanol–water partition coefficient (Wildman–Crippen LogP) is 1.52. The first-order valence-corrected chi connectivity index (χ1v) is 4.05. The molecule has 0 aromatic rings. The normalized spacial score (nSPS) is 49.3. The summed E-state index contributed by atoms with van der Waals surface area (Å²) in [5.41, 5.74) is 6.32. The highest BCUT2D eigenvalue weighted by Gasteiger charge is 2.55. The lowest BCUT2D eigenvalue weighted by Gasteiger charge is -2.05. The molecule has 0 amide bonds. The van der Waals surface area contributed by atoms with Gasteiger partial charge in [0.2, 0.25) is 0 Å². The smallest absolute Gasteiger partial charge is 0.0187 e. The van der Waals surface area contributed by atoms with Crippen molar-refractivity contribution in [2.24, 2.45) is 17.6 Å². The van der Waals surface area contributed by atoms with E-state index >= 15 is 0 Å². The molecule has 1 nitrogen and oxygen atoms in total. The standard InChI is InChI=1S/C8H15N/c1-2-8(9)5-7(8)6-3-4-6/h6-7H,2-5,9H2,1H3. The van der Waals surface area contributed by atoms with Crippen LogP contribution in [0.4, 0.5) is 0 Å². The summed E-state index contributed by atoms with van der Waals surface area (Å²) in [5.74, 6) is 1.96. The van der Waals surface area contributed by atoms with Crippen LogP contribution in [0.25, 0.3) is 0 Å². The fraction of sp³-hybridized carbons (Fsp3) is 1.00. The Labute approximate surface area is 56.6 Å². The Hall–Kier alpha value is -0.0400. The summed E-state index contributed by atoms with van der Waals surface area (Å²) in [4.78, 5) is 0. The van der Waals surface area contributed by atoms with Gasteiger partial charge in [-0.05, 0) is 37.5 Å². The van der Waals surface area contributed by atoms with E-state index in [9.17, 15) is 0 Å². The zero-order valence-electron chi connectivity index (χ0n) is 6.06. The molecule has 2 fully saturated rings. The van der Waals surface area contributed by atoms with Gasteiger partial charge in [-0.15, -0.1) is 0 Å². The van der Waals surface area contributed by atoms with Crippen molar-refractivity contribution in [1.29, 1.82) is 0 Å². The fourth-order valence-electron chi connectivity index (χ4n) is 1.89. The highest BCUT2D eigenvalue weighted by Crippen LogP contribution is 2.56. The Balaban J connectivity index is 1.92. The predicted molar refractivity (Wildman–Crippen MR) is 38.0 cm³/mol. The van der Waals surface area contributed by atoms with Crippen molar-refractivity contribution < 1.29 is 0 Å². The Bertz CT molecular complexity index is 129. The van der Waals surface area contributed by atoms with E-state index in [0.29, 0.717) is 5.54 Å². The zero-order chi connectivity index (χ0) is 6.48. The van der Waals surface area contributed by atoms with Crippen LogP contribution < -0.4 is 5.73 Å². The van der Waals surface area contributed by atoms with Gasteiger partial charge in [-0.25, -0.2) is 0 Å². The Morgan fingerprint density at radius 1 is 1.56 bits per heavy atom. The third-order valence-electron chi connectivity index (χ3n) is 3.03. The van der Waals surface area contributed by atoms with Crippen LogP contribution in [-0.4, -0.2) is 5.54 Å². The van der Waals surface area contributed by atoms with Crippen molar-refractivity contribution in [3.8, 4) is 0 Å². The molecule has 2 unspecified atom stereocenters. The van der Waals surface area contributed by atoms with Gasteiger partial charge in [-0.2, -0.15) is 0 Å². The van der Waals surface area contributed by atoms with Gasteiger partial charge in [-0.1, -0.05) is 6.92 Å². The van der Waals surface area contributed by atoms with Crippen LogP contribution in [0.2, 0.25) is 0 Å². The van der Waals surface area contributed by atoms with E-state index in [2.05, 4.69) is 6.92 Å². The molecule has 0 saturated heterocycles. The van der Waals surface area contributed by atoms with Crippen molar-refractivity contribution in [3.63, 3.8) is 0 Å². The molecule has 0 heterocycles. The lowest BCUT2D eigenvalue weighted by Crippen LogP contribution is -2.23. The molecule has 2 aliphatic rings. The van der Waals surface area contributed by atoms with Crippen LogP contribution in [0.1, 0.15) is 32.6 Å².